The zero-order valence-corrected chi connectivity index (χ0v) is 21.6. The quantitative estimate of drug-likeness (QED) is 0.492. The molecular formula is C26H32FN3O5S. The summed E-state index contributed by atoms with van der Waals surface area (Å²) in [7, 11) is -3.96. The molecule has 0 radical (unpaired) electrons. The van der Waals surface area contributed by atoms with Crippen molar-refractivity contribution >= 4 is 27.7 Å². The molecule has 1 heterocycles. The fourth-order valence-corrected chi connectivity index (χ4v) is 5.72. The molecule has 0 aliphatic carbocycles. The van der Waals surface area contributed by atoms with Crippen molar-refractivity contribution in [2.45, 2.75) is 70.0 Å². The Morgan fingerprint density at radius 1 is 1.06 bits per heavy atom. The third-order valence-electron chi connectivity index (χ3n) is 6.32. The molecule has 2 unspecified atom stereocenters. The summed E-state index contributed by atoms with van der Waals surface area (Å²) in [4.78, 5) is 40.3. The highest BCUT2D eigenvalue weighted by Crippen LogP contribution is 2.30. The maximum absolute atomic E-state index is 13.4. The first-order valence-corrected chi connectivity index (χ1v) is 13.5. The lowest BCUT2D eigenvalue weighted by atomic mass is 10.1. The Morgan fingerprint density at radius 3 is 2.33 bits per heavy atom. The van der Waals surface area contributed by atoms with Crippen LogP contribution in [-0.4, -0.2) is 54.0 Å². The minimum Gasteiger partial charge on any atom is -0.352 e. The van der Waals surface area contributed by atoms with Gasteiger partial charge in [0.2, 0.25) is 11.8 Å². The van der Waals surface area contributed by atoms with Gasteiger partial charge >= 0.3 is 0 Å². The van der Waals surface area contributed by atoms with Gasteiger partial charge in [0.25, 0.3) is 15.9 Å². The van der Waals surface area contributed by atoms with Crippen molar-refractivity contribution in [2.24, 2.45) is 0 Å². The number of sulfonamides is 1. The van der Waals surface area contributed by atoms with Gasteiger partial charge in [0.15, 0.2) is 0 Å². The van der Waals surface area contributed by atoms with E-state index in [-0.39, 0.29) is 54.2 Å². The Hall–Kier alpha value is -3.27. The summed E-state index contributed by atoms with van der Waals surface area (Å²) in [6.07, 6.45) is 1.13. The predicted octanol–water partition coefficient (Wildman–Crippen LogP) is 3.47. The van der Waals surface area contributed by atoms with Gasteiger partial charge in [0, 0.05) is 25.6 Å². The Labute approximate surface area is 211 Å². The first kappa shape index (κ1) is 27.3. The molecule has 0 saturated heterocycles. The number of halogens is 1. The highest BCUT2D eigenvalue weighted by molar-refractivity contribution is 7.90. The fourth-order valence-electron chi connectivity index (χ4n) is 4.12. The average molecular weight is 518 g/mol. The van der Waals surface area contributed by atoms with E-state index in [0.717, 1.165) is 10.7 Å². The molecule has 1 N–H and O–H groups in total. The van der Waals surface area contributed by atoms with Crippen LogP contribution in [0.5, 0.6) is 0 Å². The molecule has 1 aliphatic heterocycles. The molecule has 0 spiro atoms. The van der Waals surface area contributed by atoms with Gasteiger partial charge in [-0.2, -0.15) is 0 Å². The highest BCUT2D eigenvalue weighted by Gasteiger charge is 2.40. The average Bonchev–Trinajstić information content (AvgIpc) is 3.05. The SMILES string of the molecule is CCC(C)NC(=O)C(CC)N(Cc1ccc(F)cc1)C(=O)CCCN1C(=O)c2ccccc2S1(=O)=O. The Balaban J connectivity index is 1.74. The third kappa shape index (κ3) is 5.92. The normalized spacial score (nSPS) is 15.8. The summed E-state index contributed by atoms with van der Waals surface area (Å²) in [5, 5.41) is 2.91. The number of carbonyl (C=O) groups is 3. The smallest absolute Gasteiger partial charge is 0.269 e. The van der Waals surface area contributed by atoms with Crippen molar-refractivity contribution in [1.29, 1.82) is 0 Å². The van der Waals surface area contributed by atoms with E-state index in [1.807, 2.05) is 13.8 Å². The second-order valence-corrected chi connectivity index (χ2v) is 10.7. The summed E-state index contributed by atoms with van der Waals surface area (Å²) in [5.41, 5.74) is 0.779. The van der Waals surface area contributed by atoms with E-state index >= 15 is 0 Å². The Kier molecular flexibility index (Phi) is 8.84. The molecule has 3 rings (SSSR count). The van der Waals surface area contributed by atoms with Crippen molar-refractivity contribution in [3.8, 4) is 0 Å². The summed E-state index contributed by atoms with van der Waals surface area (Å²) in [6, 6.07) is 10.9. The number of rotatable bonds is 11. The number of nitrogens with zero attached hydrogens (tertiary/aromatic N) is 2. The van der Waals surface area contributed by atoms with Crippen LogP contribution in [0, 0.1) is 5.82 Å². The lowest BCUT2D eigenvalue weighted by Crippen LogP contribution is -2.50. The van der Waals surface area contributed by atoms with Crippen LogP contribution in [0.4, 0.5) is 4.39 Å². The van der Waals surface area contributed by atoms with E-state index in [1.165, 1.54) is 29.2 Å². The van der Waals surface area contributed by atoms with Crippen molar-refractivity contribution in [1.82, 2.24) is 14.5 Å². The first-order valence-electron chi connectivity index (χ1n) is 12.1. The molecule has 0 fully saturated rings. The van der Waals surface area contributed by atoms with E-state index in [9.17, 15) is 27.2 Å². The standard InChI is InChI=1S/C26H32FN3O5S/c1-4-18(3)28-25(32)22(5-2)29(17-19-12-14-20(27)15-13-19)24(31)11-8-16-30-26(33)21-9-6-7-10-23(21)36(30,34)35/h6-7,9-10,12-15,18,22H,4-5,8,11,16-17H2,1-3H3,(H,28,32). The Morgan fingerprint density at radius 2 is 1.72 bits per heavy atom. The summed E-state index contributed by atoms with van der Waals surface area (Å²) in [5.74, 6) is -1.65. The van der Waals surface area contributed by atoms with Crippen LogP contribution in [0.1, 0.15) is 62.4 Å². The van der Waals surface area contributed by atoms with Crippen LogP contribution in [-0.2, 0) is 26.2 Å². The van der Waals surface area contributed by atoms with Crippen molar-refractivity contribution in [2.75, 3.05) is 6.54 Å². The lowest BCUT2D eigenvalue weighted by molar-refractivity contribution is -0.141. The van der Waals surface area contributed by atoms with Crippen LogP contribution in [0.25, 0.3) is 0 Å². The number of carbonyl (C=O) groups excluding carboxylic acids is 3. The number of benzene rings is 2. The van der Waals surface area contributed by atoms with Gasteiger partial charge in [0.05, 0.1) is 5.56 Å². The number of nitrogens with one attached hydrogen (secondary N) is 1. The van der Waals surface area contributed by atoms with Gasteiger partial charge in [-0.15, -0.1) is 0 Å². The zero-order chi connectivity index (χ0) is 26.5. The van der Waals surface area contributed by atoms with Gasteiger partial charge in [-0.3, -0.25) is 14.4 Å². The van der Waals surface area contributed by atoms with Crippen molar-refractivity contribution in [3.05, 3.63) is 65.5 Å². The first-order chi connectivity index (χ1) is 17.1. The van der Waals surface area contributed by atoms with Crippen LogP contribution < -0.4 is 5.32 Å². The minimum absolute atomic E-state index is 0.0352. The molecular weight excluding hydrogens is 485 g/mol. The zero-order valence-electron chi connectivity index (χ0n) is 20.7. The lowest BCUT2D eigenvalue weighted by Gasteiger charge is -2.31. The number of fused-ring (bicyclic) bond motifs is 1. The molecule has 194 valence electrons. The van der Waals surface area contributed by atoms with Crippen LogP contribution in [0.2, 0.25) is 0 Å². The summed E-state index contributed by atoms with van der Waals surface area (Å²) in [6.45, 7) is 5.57. The van der Waals surface area contributed by atoms with Crippen molar-refractivity contribution < 1.29 is 27.2 Å². The summed E-state index contributed by atoms with van der Waals surface area (Å²) >= 11 is 0. The minimum atomic E-state index is -3.96. The number of amides is 3. The molecule has 0 saturated carbocycles. The second kappa shape index (κ2) is 11.6. The molecule has 0 bridgehead atoms. The van der Waals surface area contributed by atoms with Gasteiger partial charge in [-0.1, -0.05) is 38.1 Å². The molecule has 8 nitrogen and oxygen atoms in total. The number of hydrogen-bond donors (Lipinski definition) is 1. The van der Waals surface area contributed by atoms with Gasteiger partial charge < -0.3 is 10.2 Å². The van der Waals surface area contributed by atoms with Crippen LogP contribution >= 0.6 is 0 Å². The van der Waals surface area contributed by atoms with Gasteiger partial charge in [-0.05, 0) is 56.0 Å². The molecule has 0 aromatic heterocycles. The fraction of sp³-hybridized carbons (Fsp3) is 0.423. The maximum atomic E-state index is 13.4. The molecule has 1 aliphatic rings. The molecule has 2 aromatic rings. The van der Waals surface area contributed by atoms with Gasteiger partial charge in [0.1, 0.15) is 16.8 Å². The van der Waals surface area contributed by atoms with Crippen LogP contribution in [0.3, 0.4) is 0 Å². The van der Waals surface area contributed by atoms with Crippen LogP contribution in [0.15, 0.2) is 53.4 Å². The van der Waals surface area contributed by atoms with Crippen molar-refractivity contribution in [3.63, 3.8) is 0 Å². The van der Waals surface area contributed by atoms with E-state index in [0.29, 0.717) is 12.0 Å². The molecule has 2 atom stereocenters. The molecule has 2 aromatic carbocycles. The monoisotopic (exact) mass is 517 g/mol. The van der Waals surface area contributed by atoms with E-state index in [2.05, 4.69) is 5.32 Å². The predicted molar refractivity (Wildman–Crippen MR) is 133 cm³/mol. The molecule has 36 heavy (non-hydrogen) atoms. The third-order valence-corrected chi connectivity index (χ3v) is 8.16. The maximum Gasteiger partial charge on any atom is 0.269 e. The van der Waals surface area contributed by atoms with Gasteiger partial charge in [-0.25, -0.2) is 17.1 Å². The molecule has 10 heteroatoms. The van der Waals surface area contributed by atoms with E-state index in [1.54, 1.807) is 31.2 Å². The van der Waals surface area contributed by atoms with E-state index in [4.69, 9.17) is 0 Å². The highest BCUT2D eigenvalue weighted by atomic mass is 32.2. The largest absolute Gasteiger partial charge is 0.352 e. The molecule has 3 amide bonds. The topological polar surface area (TPSA) is 104 Å². The van der Waals surface area contributed by atoms with E-state index < -0.39 is 27.8 Å². The Bertz CT molecular complexity index is 1220. The number of hydrogen-bond acceptors (Lipinski definition) is 5. The summed E-state index contributed by atoms with van der Waals surface area (Å²) < 4.78 is 39.7. The second-order valence-electron chi connectivity index (χ2n) is 8.87.